The van der Waals surface area contributed by atoms with E-state index in [1.807, 2.05) is 39.0 Å². The molecule has 2 aromatic rings. The fourth-order valence-corrected chi connectivity index (χ4v) is 4.03. The third-order valence-electron chi connectivity index (χ3n) is 5.55. The molecule has 1 heterocycles. The monoisotopic (exact) mass is 453 g/mol. The van der Waals surface area contributed by atoms with Crippen molar-refractivity contribution in [3.05, 3.63) is 59.2 Å². The van der Waals surface area contributed by atoms with Crippen LogP contribution in [0.1, 0.15) is 50.8 Å². The van der Waals surface area contributed by atoms with Crippen LogP contribution < -0.4 is 14.2 Å². The molecule has 1 N–H and O–H groups in total. The van der Waals surface area contributed by atoms with Crippen LogP contribution in [-0.2, 0) is 9.59 Å². The highest BCUT2D eigenvalue weighted by atomic mass is 16.5. The maximum atomic E-state index is 13.2. The number of hydrogen-bond donors (Lipinski definition) is 1. The molecule has 176 valence electrons. The molecular weight excluding hydrogens is 422 g/mol. The van der Waals surface area contributed by atoms with E-state index in [1.165, 1.54) is 12.0 Å². The van der Waals surface area contributed by atoms with E-state index in [0.29, 0.717) is 48.1 Å². The van der Waals surface area contributed by atoms with E-state index in [0.717, 1.165) is 12.8 Å². The second-order valence-corrected chi connectivity index (χ2v) is 7.61. The van der Waals surface area contributed by atoms with Crippen molar-refractivity contribution in [3.63, 3.8) is 0 Å². The van der Waals surface area contributed by atoms with E-state index < -0.39 is 17.7 Å². The van der Waals surface area contributed by atoms with Gasteiger partial charge in [-0.3, -0.25) is 9.59 Å². The number of aliphatic hydroxyl groups is 1. The highest BCUT2D eigenvalue weighted by Crippen LogP contribution is 2.44. The van der Waals surface area contributed by atoms with Gasteiger partial charge < -0.3 is 24.2 Å². The van der Waals surface area contributed by atoms with Gasteiger partial charge in [-0.15, -0.1) is 0 Å². The molecule has 3 rings (SSSR count). The van der Waals surface area contributed by atoms with Crippen molar-refractivity contribution < 1.29 is 28.9 Å². The molecule has 0 radical (unpaired) electrons. The summed E-state index contributed by atoms with van der Waals surface area (Å²) in [6.07, 6.45) is 1.58. The molecule has 7 heteroatoms. The van der Waals surface area contributed by atoms with Crippen LogP contribution in [0.15, 0.2) is 48.0 Å². The fourth-order valence-electron chi connectivity index (χ4n) is 4.03. The first-order valence-electron chi connectivity index (χ1n) is 11.3. The number of Topliss-reactive ketones (excluding diaryl/α,β-unsaturated/α-hetero) is 1. The maximum absolute atomic E-state index is 13.2. The third kappa shape index (κ3) is 4.82. The highest BCUT2D eigenvalue weighted by Gasteiger charge is 2.47. The minimum atomic E-state index is -0.770. The number of hydrogen-bond acceptors (Lipinski definition) is 6. The van der Waals surface area contributed by atoms with E-state index in [2.05, 4.69) is 0 Å². The zero-order valence-electron chi connectivity index (χ0n) is 19.6. The molecule has 0 aromatic heterocycles. The molecule has 1 atom stereocenters. The Morgan fingerprint density at radius 1 is 1.00 bits per heavy atom. The predicted octanol–water partition coefficient (Wildman–Crippen LogP) is 4.71. The van der Waals surface area contributed by atoms with Gasteiger partial charge in [-0.1, -0.05) is 31.5 Å². The molecular formula is C26H31NO6. The number of ketones is 1. The number of nitrogens with zero attached hydrogens (tertiary/aromatic N) is 1. The minimum absolute atomic E-state index is 0.0192. The largest absolute Gasteiger partial charge is 0.507 e. The van der Waals surface area contributed by atoms with Crippen LogP contribution in [0.5, 0.6) is 17.2 Å². The number of para-hydroxylation sites is 1. The summed E-state index contributed by atoms with van der Waals surface area (Å²) in [6, 6.07) is 11.5. The Morgan fingerprint density at radius 3 is 2.39 bits per heavy atom. The number of unbranched alkanes of at least 4 members (excludes halogenated alkanes) is 1. The molecule has 7 nitrogen and oxygen atoms in total. The average Bonchev–Trinajstić information content (AvgIpc) is 3.07. The number of carbonyl (C=O) groups excluding carboxylic acids is 2. The molecule has 2 aromatic carbocycles. The molecule has 0 spiro atoms. The van der Waals surface area contributed by atoms with Crippen LogP contribution in [0.2, 0.25) is 0 Å². The van der Waals surface area contributed by atoms with Gasteiger partial charge in [0.25, 0.3) is 11.7 Å². The summed E-state index contributed by atoms with van der Waals surface area (Å²) < 4.78 is 16.8. The highest BCUT2D eigenvalue weighted by molar-refractivity contribution is 6.46. The molecule has 1 saturated heterocycles. The SMILES string of the molecule is CCCCN1C(=O)C(=O)/C(=C(/O)c2ccc(OCC)cc2OCC)C1c1ccccc1OC. The molecule has 1 fully saturated rings. The van der Waals surface area contributed by atoms with Crippen molar-refractivity contribution in [2.24, 2.45) is 0 Å². The van der Waals surface area contributed by atoms with E-state index in [9.17, 15) is 14.7 Å². The summed E-state index contributed by atoms with van der Waals surface area (Å²) in [4.78, 5) is 27.7. The van der Waals surface area contributed by atoms with Gasteiger partial charge in [0, 0.05) is 18.2 Å². The van der Waals surface area contributed by atoms with Gasteiger partial charge in [0.05, 0.1) is 37.5 Å². The van der Waals surface area contributed by atoms with Gasteiger partial charge in [0.1, 0.15) is 23.0 Å². The maximum Gasteiger partial charge on any atom is 0.295 e. The quantitative estimate of drug-likeness (QED) is 0.318. The molecule has 1 amide bonds. The summed E-state index contributed by atoms with van der Waals surface area (Å²) in [7, 11) is 1.54. The van der Waals surface area contributed by atoms with Gasteiger partial charge in [0.2, 0.25) is 0 Å². The summed E-state index contributed by atoms with van der Waals surface area (Å²) >= 11 is 0. The molecule has 0 bridgehead atoms. The van der Waals surface area contributed by atoms with Crippen molar-refractivity contribution in [1.29, 1.82) is 0 Å². The first-order valence-corrected chi connectivity index (χ1v) is 11.3. The van der Waals surface area contributed by atoms with Gasteiger partial charge in [-0.05, 0) is 38.5 Å². The van der Waals surface area contributed by atoms with Crippen LogP contribution >= 0.6 is 0 Å². The summed E-state index contributed by atoms with van der Waals surface area (Å²) in [5, 5.41) is 11.4. The summed E-state index contributed by atoms with van der Waals surface area (Å²) in [6.45, 7) is 6.95. The van der Waals surface area contributed by atoms with Crippen LogP contribution in [0.25, 0.3) is 5.76 Å². The number of rotatable bonds is 10. The van der Waals surface area contributed by atoms with E-state index in [-0.39, 0.29) is 11.3 Å². The van der Waals surface area contributed by atoms with Crippen molar-refractivity contribution in [2.75, 3.05) is 26.9 Å². The standard InChI is InChI=1S/C26H31NO6/c1-5-8-15-27-23(18-11-9-10-12-20(18)31-4)22(25(29)26(27)30)24(28)19-14-13-17(32-6-2)16-21(19)33-7-3/h9-14,16,23,28H,5-8,15H2,1-4H3/b24-22+. The first kappa shape index (κ1) is 24.2. The third-order valence-corrected chi connectivity index (χ3v) is 5.55. The minimum Gasteiger partial charge on any atom is -0.507 e. The normalized spacial score (nSPS) is 17.3. The van der Waals surface area contributed by atoms with E-state index in [4.69, 9.17) is 14.2 Å². The van der Waals surface area contributed by atoms with Crippen LogP contribution in [-0.4, -0.2) is 48.6 Å². The number of amides is 1. The fraction of sp³-hybridized carbons (Fsp3) is 0.385. The number of methoxy groups -OCH3 is 1. The van der Waals surface area contributed by atoms with E-state index >= 15 is 0 Å². The number of likely N-dealkylation sites (tertiary alicyclic amines) is 1. The molecule has 0 aliphatic carbocycles. The summed E-state index contributed by atoms with van der Waals surface area (Å²) in [5.74, 6) is -0.148. The van der Waals surface area contributed by atoms with Gasteiger partial charge >= 0.3 is 0 Å². The topological polar surface area (TPSA) is 85.3 Å². The molecule has 1 aliphatic heterocycles. The Bertz CT molecular complexity index is 1040. The molecule has 0 saturated carbocycles. The van der Waals surface area contributed by atoms with Crippen LogP contribution in [0, 0.1) is 0 Å². The Hall–Kier alpha value is -3.48. The Kier molecular flexibility index (Phi) is 7.98. The van der Waals surface area contributed by atoms with Crippen molar-refractivity contribution in [1.82, 2.24) is 4.90 Å². The number of benzene rings is 2. The summed E-state index contributed by atoms with van der Waals surface area (Å²) in [5.41, 5.74) is 0.986. The lowest BCUT2D eigenvalue weighted by Gasteiger charge is -2.26. The predicted molar refractivity (Wildman–Crippen MR) is 126 cm³/mol. The van der Waals surface area contributed by atoms with Crippen LogP contribution in [0.3, 0.4) is 0 Å². The Labute approximate surface area is 194 Å². The van der Waals surface area contributed by atoms with Crippen molar-refractivity contribution in [3.8, 4) is 17.2 Å². The number of carbonyl (C=O) groups is 2. The zero-order valence-corrected chi connectivity index (χ0v) is 19.6. The van der Waals surface area contributed by atoms with Crippen LogP contribution in [0.4, 0.5) is 0 Å². The molecule has 33 heavy (non-hydrogen) atoms. The zero-order chi connectivity index (χ0) is 24.0. The smallest absolute Gasteiger partial charge is 0.295 e. The van der Waals surface area contributed by atoms with Gasteiger partial charge in [-0.2, -0.15) is 0 Å². The lowest BCUT2D eigenvalue weighted by Crippen LogP contribution is -2.30. The molecule has 1 aliphatic rings. The lowest BCUT2D eigenvalue weighted by molar-refractivity contribution is -0.139. The second kappa shape index (κ2) is 10.9. The second-order valence-electron chi connectivity index (χ2n) is 7.61. The molecule has 1 unspecified atom stereocenters. The average molecular weight is 454 g/mol. The number of ether oxygens (including phenoxy) is 3. The van der Waals surface area contributed by atoms with Gasteiger partial charge in [0.15, 0.2) is 0 Å². The lowest BCUT2D eigenvalue weighted by atomic mass is 9.94. The first-order chi connectivity index (χ1) is 16.0. The number of aliphatic hydroxyl groups excluding tert-OH is 1. The Morgan fingerprint density at radius 2 is 1.73 bits per heavy atom. The van der Waals surface area contributed by atoms with Gasteiger partial charge in [-0.25, -0.2) is 0 Å². The van der Waals surface area contributed by atoms with Crippen molar-refractivity contribution in [2.45, 2.75) is 39.7 Å². The van der Waals surface area contributed by atoms with Crippen molar-refractivity contribution >= 4 is 17.4 Å². The van der Waals surface area contributed by atoms with E-state index in [1.54, 1.807) is 24.3 Å². The Balaban J connectivity index is 2.22.